The largest absolute Gasteiger partial charge is 0.331 e. The Morgan fingerprint density at radius 1 is 2.25 bits per heavy atom. The molecule has 0 fully saturated rings. The SMILES string of the molecule is Cl.[2H]C([2H])(C)N. The lowest BCUT2D eigenvalue weighted by Crippen LogP contribution is -1.87. The van der Waals surface area contributed by atoms with E-state index in [2.05, 4.69) is 5.73 Å². The summed E-state index contributed by atoms with van der Waals surface area (Å²) in [5.41, 5.74) is 4.69. The summed E-state index contributed by atoms with van der Waals surface area (Å²) in [6, 6.07) is 0. The van der Waals surface area contributed by atoms with Crippen molar-refractivity contribution in [2.24, 2.45) is 5.73 Å². The predicted molar refractivity (Wildman–Crippen MR) is 22.0 cm³/mol. The Hall–Kier alpha value is 0.250. The first kappa shape index (κ1) is 2.49. The summed E-state index contributed by atoms with van der Waals surface area (Å²) < 4.78 is 12.8. The Kier molecular flexibility index (Phi) is 6.54. The molecule has 0 bridgehead atoms. The molecule has 0 radical (unpaired) electrons. The molecule has 2 N–H and O–H groups in total. The van der Waals surface area contributed by atoms with E-state index < -0.39 is 6.50 Å². The van der Waals surface area contributed by atoms with Crippen LogP contribution in [-0.2, 0) is 0 Å². The molecule has 0 atom stereocenters. The summed E-state index contributed by atoms with van der Waals surface area (Å²) in [6.45, 7) is -0.201. The van der Waals surface area contributed by atoms with Gasteiger partial charge in [0.25, 0.3) is 0 Å². The maximum absolute atomic E-state index is 6.38. The molecule has 0 saturated heterocycles. The van der Waals surface area contributed by atoms with Crippen LogP contribution in [-0.4, -0.2) is 6.50 Å². The van der Waals surface area contributed by atoms with Gasteiger partial charge < -0.3 is 5.73 Å². The van der Waals surface area contributed by atoms with Crippen molar-refractivity contribution in [3.8, 4) is 0 Å². The number of nitrogens with two attached hydrogens (primary N) is 1. The Bertz CT molecular complexity index is 27.0. The lowest BCUT2D eigenvalue weighted by atomic mass is 10.8. The number of hydrogen-bond donors (Lipinski definition) is 1. The lowest BCUT2D eigenvalue weighted by molar-refractivity contribution is 1.14. The van der Waals surface area contributed by atoms with E-state index >= 15 is 0 Å². The molecule has 0 aromatic heterocycles. The molecule has 1 nitrogen and oxygen atoms in total. The fourth-order valence-electron chi connectivity index (χ4n) is 0. The van der Waals surface area contributed by atoms with E-state index in [1.165, 1.54) is 6.92 Å². The molecule has 0 heterocycles. The second-order valence-corrected chi connectivity index (χ2v) is 0.289. The average Bonchev–Trinajstić information content (AvgIpc) is 0.722. The number of rotatable bonds is 0. The van der Waals surface area contributed by atoms with Crippen LogP contribution in [0.5, 0.6) is 0 Å². The summed E-state index contributed by atoms with van der Waals surface area (Å²) in [7, 11) is 0. The maximum Gasteiger partial charge on any atom is 0.0423 e. The van der Waals surface area contributed by atoms with Crippen LogP contribution in [0.2, 0.25) is 0 Å². The van der Waals surface area contributed by atoms with Gasteiger partial charge in [0.1, 0.15) is 0 Å². The molecule has 0 spiro atoms. The quantitative estimate of drug-likeness (QED) is 0.450. The minimum atomic E-state index is -1.50. The van der Waals surface area contributed by atoms with Crippen molar-refractivity contribution < 1.29 is 2.74 Å². The maximum atomic E-state index is 6.38. The van der Waals surface area contributed by atoms with Crippen molar-refractivity contribution in [1.82, 2.24) is 0 Å². The van der Waals surface area contributed by atoms with E-state index in [9.17, 15) is 0 Å². The highest BCUT2D eigenvalue weighted by atomic mass is 35.5. The molecular weight excluding hydrogens is 73.5 g/mol. The topological polar surface area (TPSA) is 26.0 Å². The molecule has 4 heavy (non-hydrogen) atoms. The minimum absolute atomic E-state index is 0. The van der Waals surface area contributed by atoms with Crippen molar-refractivity contribution in [3.05, 3.63) is 0 Å². The molecule has 0 amide bonds. The summed E-state index contributed by atoms with van der Waals surface area (Å²) in [6.07, 6.45) is 0. The zero-order valence-electron chi connectivity index (χ0n) is 4.49. The first-order valence-corrected chi connectivity index (χ1v) is 0.789. The standard InChI is InChI=1S/C2H7N.ClH/c1-2-3;/h2-3H2,1H3;1H/i2D2;. The van der Waals surface area contributed by atoms with Gasteiger partial charge in [0.15, 0.2) is 0 Å². The third-order valence-electron chi connectivity index (χ3n) is 0. The minimum Gasteiger partial charge on any atom is -0.331 e. The first-order chi connectivity index (χ1) is 2.00. The van der Waals surface area contributed by atoms with Crippen molar-refractivity contribution in [2.45, 2.75) is 6.92 Å². The molecule has 0 rings (SSSR count). The highest BCUT2D eigenvalue weighted by Crippen LogP contribution is 1.20. The molecule has 0 aliphatic heterocycles. The van der Waals surface area contributed by atoms with Gasteiger partial charge in [0.05, 0.1) is 0 Å². The number of halogens is 1. The predicted octanol–water partition coefficient (Wildman–Crippen LogP) is 0.387. The van der Waals surface area contributed by atoms with Gasteiger partial charge in [-0.2, -0.15) is 0 Å². The normalized spacial score (nSPS) is 15.5. The average molecular weight is 83.6 g/mol. The van der Waals surface area contributed by atoms with Crippen LogP contribution >= 0.6 is 12.4 Å². The van der Waals surface area contributed by atoms with Gasteiger partial charge in [-0.05, 0) is 6.50 Å². The second kappa shape index (κ2) is 10.5. The molecular formula is C2H8ClN. The van der Waals surface area contributed by atoms with Crippen LogP contribution in [0.1, 0.15) is 9.67 Å². The van der Waals surface area contributed by atoms with Gasteiger partial charge in [0.2, 0.25) is 0 Å². The molecule has 0 aliphatic rings. The van der Waals surface area contributed by atoms with E-state index in [1.54, 1.807) is 0 Å². The summed E-state index contributed by atoms with van der Waals surface area (Å²) in [4.78, 5) is 0. The summed E-state index contributed by atoms with van der Waals surface area (Å²) in [5.74, 6) is 0. The van der Waals surface area contributed by atoms with Crippen LogP contribution in [0.3, 0.4) is 0 Å². The van der Waals surface area contributed by atoms with Crippen molar-refractivity contribution in [1.29, 1.82) is 0 Å². The molecule has 0 unspecified atom stereocenters. The second-order valence-electron chi connectivity index (χ2n) is 0.289. The van der Waals surface area contributed by atoms with Crippen molar-refractivity contribution in [3.63, 3.8) is 0 Å². The monoisotopic (exact) mass is 83.0 g/mol. The van der Waals surface area contributed by atoms with E-state index in [0.29, 0.717) is 0 Å². The van der Waals surface area contributed by atoms with Gasteiger partial charge in [-0.3, -0.25) is 0 Å². The molecule has 0 aromatic rings. The van der Waals surface area contributed by atoms with Gasteiger partial charge in [-0.1, -0.05) is 6.92 Å². The van der Waals surface area contributed by atoms with Gasteiger partial charge in [-0.25, -0.2) is 0 Å². The van der Waals surface area contributed by atoms with E-state index in [-0.39, 0.29) is 12.4 Å². The Morgan fingerprint density at radius 3 is 2.25 bits per heavy atom. The van der Waals surface area contributed by atoms with Crippen LogP contribution < -0.4 is 5.73 Å². The zero-order chi connectivity index (χ0) is 4.50. The van der Waals surface area contributed by atoms with E-state index in [1.807, 2.05) is 0 Å². The van der Waals surface area contributed by atoms with E-state index in [0.717, 1.165) is 0 Å². The van der Waals surface area contributed by atoms with E-state index in [4.69, 9.17) is 2.74 Å². The lowest BCUT2D eigenvalue weighted by Gasteiger charge is -1.53. The van der Waals surface area contributed by atoms with Crippen LogP contribution in [0.15, 0.2) is 0 Å². The Balaban J connectivity index is 0. The molecule has 0 aliphatic carbocycles. The highest BCUT2D eigenvalue weighted by molar-refractivity contribution is 5.85. The van der Waals surface area contributed by atoms with Gasteiger partial charge in [0, 0.05) is 2.74 Å². The number of hydrogen-bond acceptors (Lipinski definition) is 1. The Labute approximate surface area is 35.4 Å². The molecule has 0 aromatic carbocycles. The van der Waals surface area contributed by atoms with Crippen LogP contribution in [0.4, 0.5) is 0 Å². The van der Waals surface area contributed by atoms with Crippen LogP contribution in [0, 0.1) is 0 Å². The summed E-state index contributed by atoms with van der Waals surface area (Å²) >= 11 is 0. The Morgan fingerprint density at radius 2 is 2.25 bits per heavy atom. The zero-order valence-corrected chi connectivity index (χ0v) is 3.30. The van der Waals surface area contributed by atoms with Gasteiger partial charge >= 0.3 is 0 Å². The molecule has 2 heteroatoms. The van der Waals surface area contributed by atoms with Gasteiger partial charge in [-0.15, -0.1) is 12.4 Å². The fourth-order valence-corrected chi connectivity index (χ4v) is 0. The first-order valence-electron chi connectivity index (χ1n) is 1.79. The third kappa shape index (κ3) is 56.3. The fraction of sp³-hybridized carbons (Fsp3) is 1.00. The van der Waals surface area contributed by atoms with Crippen LogP contribution in [0.25, 0.3) is 0 Å². The van der Waals surface area contributed by atoms with Crippen molar-refractivity contribution >= 4 is 12.4 Å². The summed E-state index contributed by atoms with van der Waals surface area (Å²) in [5, 5.41) is 0. The smallest absolute Gasteiger partial charge is 0.0423 e. The third-order valence-corrected chi connectivity index (χ3v) is 0. The molecule has 28 valence electrons. The molecule has 0 saturated carbocycles. The van der Waals surface area contributed by atoms with Crippen molar-refractivity contribution in [2.75, 3.05) is 6.50 Å². The highest BCUT2D eigenvalue weighted by Gasteiger charge is 1.32.